The van der Waals surface area contributed by atoms with E-state index in [2.05, 4.69) is 39.7 Å². The lowest BCUT2D eigenvalue weighted by Gasteiger charge is -2.18. The molecule has 4 rings (SSSR count). The number of carbonyl (C=O) groups excluding carboxylic acids is 1. The van der Waals surface area contributed by atoms with Gasteiger partial charge in [0.1, 0.15) is 21.5 Å². The van der Waals surface area contributed by atoms with E-state index in [1.807, 2.05) is 12.1 Å². The Morgan fingerprint density at radius 3 is 2.22 bits per heavy atom. The number of carbonyl (C=O) groups is 1. The quantitative estimate of drug-likeness (QED) is 0.174. The SMILES string of the molecule is CCN(CC)CCCNc1nc(-c2ccc(NC(=O)Nc3ccc(F)cc3)cc2)nc2c(Cl)c(Cl)sc12. The maximum atomic E-state index is 13.1. The molecule has 0 spiro atoms. The normalized spacial score (nSPS) is 11.2. The molecule has 0 atom stereocenters. The Labute approximate surface area is 229 Å². The van der Waals surface area contributed by atoms with E-state index in [0.29, 0.717) is 37.9 Å². The highest BCUT2D eigenvalue weighted by Crippen LogP contribution is 2.41. The van der Waals surface area contributed by atoms with Crippen LogP contribution in [0.5, 0.6) is 0 Å². The predicted molar refractivity (Wildman–Crippen MR) is 153 cm³/mol. The van der Waals surface area contributed by atoms with E-state index >= 15 is 0 Å². The summed E-state index contributed by atoms with van der Waals surface area (Å²) in [5.41, 5.74) is 2.43. The van der Waals surface area contributed by atoms with Crippen molar-refractivity contribution in [3.63, 3.8) is 0 Å². The lowest BCUT2D eigenvalue weighted by atomic mass is 10.2. The number of benzene rings is 2. The number of aromatic nitrogens is 2. The number of fused-ring (bicyclic) bond motifs is 1. The molecule has 37 heavy (non-hydrogen) atoms. The summed E-state index contributed by atoms with van der Waals surface area (Å²) in [6.45, 7) is 8.11. The number of halogens is 3. The molecule has 0 aliphatic rings. The van der Waals surface area contributed by atoms with Crippen LogP contribution in [-0.2, 0) is 0 Å². The van der Waals surface area contributed by atoms with Gasteiger partial charge in [0.15, 0.2) is 5.82 Å². The molecule has 11 heteroatoms. The molecule has 2 heterocycles. The van der Waals surface area contributed by atoms with Crippen molar-refractivity contribution in [2.24, 2.45) is 0 Å². The summed E-state index contributed by atoms with van der Waals surface area (Å²) in [6, 6.07) is 12.3. The number of hydrogen-bond acceptors (Lipinski definition) is 6. The topological polar surface area (TPSA) is 82.2 Å². The minimum Gasteiger partial charge on any atom is -0.369 e. The standard InChI is InChI=1S/C26H27Cl2FN6OS/c1-3-35(4-2)15-5-14-30-25-22-21(20(27)23(28)37-22)33-24(34-25)16-6-10-18(11-7-16)31-26(36)32-19-12-8-17(29)9-13-19/h6-13H,3-5,14-15H2,1-2H3,(H,30,33,34)(H2,31,32,36). The van der Waals surface area contributed by atoms with Crippen molar-refractivity contribution in [2.45, 2.75) is 20.3 Å². The lowest BCUT2D eigenvalue weighted by Crippen LogP contribution is -2.25. The molecule has 2 amide bonds. The van der Waals surface area contributed by atoms with E-state index in [4.69, 9.17) is 28.2 Å². The number of thiophene rings is 1. The molecule has 0 bridgehead atoms. The number of amides is 2. The van der Waals surface area contributed by atoms with Gasteiger partial charge in [-0.3, -0.25) is 0 Å². The summed E-state index contributed by atoms with van der Waals surface area (Å²) in [4.78, 5) is 24.1. The van der Waals surface area contributed by atoms with E-state index < -0.39 is 6.03 Å². The molecule has 0 aliphatic heterocycles. The van der Waals surface area contributed by atoms with Crippen LogP contribution in [0.1, 0.15) is 20.3 Å². The Balaban J connectivity index is 1.49. The summed E-state index contributed by atoms with van der Waals surface area (Å²) >= 11 is 14.1. The fourth-order valence-corrected chi connectivity index (χ4v) is 5.20. The van der Waals surface area contributed by atoms with Crippen LogP contribution < -0.4 is 16.0 Å². The Kier molecular flexibility index (Phi) is 9.15. The van der Waals surface area contributed by atoms with E-state index in [1.165, 1.54) is 35.6 Å². The molecular formula is C26H27Cl2FN6OS. The molecule has 0 fully saturated rings. The summed E-state index contributed by atoms with van der Waals surface area (Å²) in [7, 11) is 0. The zero-order chi connectivity index (χ0) is 26.4. The minimum absolute atomic E-state index is 0.369. The van der Waals surface area contributed by atoms with Gasteiger partial charge in [0.25, 0.3) is 0 Å². The highest BCUT2D eigenvalue weighted by Gasteiger charge is 2.17. The average Bonchev–Trinajstić information content (AvgIpc) is 3.19. The molecule has 3 N–H and O–H groups in total. The van der Waals surface area contributed by atoms with Gasteiger partial charge in [-0.1, -0.05) is 37.0 Å². The van der Waals surface area contributed by atoms with Crippen molar-refractivity contribution in [1.29, 1.82) is 0 Å². The number of nitrogens with zero attached hydrogens (tertiary/aromatic N) is 3. The largest absolute Gasteiger partial charge is 0.369 e. The maximum Gasteiger partial charge on any atom is 0.323 e. The Morgan fingerprint density at radius 2 is 1.59 bits per heavy atom. The third kappa shape index (κ3) is 6.87. The van der Waals surface area contributed by atoms with Gasteiger partial charge in [0, 0.05) is 23.5 Å². The van der Waals surface area contributed by atoms with Gasteiger partial charge in [0.2, 0.25) is 0 Å². The number of nitrogens with one attached hydrogen (secondary N) is 3. The number of rotatable bonds is 10. The Hall–Kier alpha value is -2.98. The van der Waals surface area contributed by atoms with Crippen LogP contribution >= 0.6 is 34.5 Å². The van der Waals surface area contributed by atoms with Crippen LogP contribution in [0.3, 0.4) is 0 Å². The fourth-order valence-electron chi connectivity index (χ4n) is 3.75. The Morgan fingerprint density at radius 1 is 0.973 bits per heavy atom. The van der Waals surface area contributed by atoms with Crippen LogP contribution in [0.25, 0.3) is 21.6 Å². The molecule has 0 aliphatic carbocycles. The van der Waals surface area contributed by atoms with Crippen molar-refractivity contribution >= 4 is 68.0 Å². The molecule has 0 saturated carbocycles. The number of anilines is 3. The van der Waals surface area contributed by atoms with Gasteiger partial charge in [-0.25, -0.2) is 19.2 Å². The second kappa shape index (κ2) is 12.5. The van der Waals surface area contributed by atoms with Gasteiger partial charge < -0.3 is 20.9 Å². The van der Waals surface area contributed by atoms with Crippen LogP contribution in [-0.4, -0.2) is 47.1 Å². The summed E-state index contributed by atoms with van der Waals surface area (Å²) in [6.07, 6.45) is 0.968. The summed E-state index contributed by atoms with van der Waals surface area (Å²) < 4.78 is 14.3. The molecule has 4 aromatic rings. The van der Waals surface area contributed by atoms with E-state index in [9.17, 15) is 9.18 Å². The van der Waals surface area contributed by atoms with Crippen LogP contribution in [0.2, 0.25) is 9.36 Å². The second-order valence-corrected chi connectivity index (χ2v) is 10.2. The third-order valence-electron chi connectivity index (χ3n) is 5.78. The Bertz CT molecular complexity index is 1360. The second-order valence-electron chi connectivity index (χ2n) is 8.23. The monoisotopic (exact) mass is 560 g/mol. The summed E-state index contributed by atoms with van der Waals surface area (Å²) in [5, 5.41) is 9.25. The average molecular weight is 562 g/mol. The zero-order valence-corrected chi connectivity index (χ0v) is 22.8. The number of urea groups is 1. The molecule has 0 unspecified atom stereocenters. The van der Waals surface area contributed by atoms with Gasteiger partial charge in [-0.15, -0.1) is 11.3 Å². The fraction of sp³-hybridized carbons (Fsp3) is 0.269. The highest BCUT2D eigenvalue weighted by atomic mass is 35.5. The van der Waals surface area contributed by atoms with E-state index in [0.717, 1.165) is 42.9 Å². The molecular weight excluding hydrogens is 534 g/mol. The van der Waals surface area contributed by atoms with Crippen LogP contribution in [0, 0.1) is 5.82 Å². The zero-order valence-electron chi connectivity index (χ0n) is 20.4. The van der Waals surface area contributed by atoms with E-state index in [1.54, 1.807) is 12.1 Å². The first-order chi connectivity index (χ1) is 17.9. The lowest BCUT2D eigenvalue weighted by molar-refractivity contribution is 0.262. The van der Waals surface area contributed by atoms with Crippen LogP contribution in [0.15, 0.2) is 48.5 Å². The molecule has 7 nitrogen and oxygen atoms in total. The van der Waals surface area contributed by atoms with Crippen molar-refractivity contribution in [3.8, 4) is 11.4 Å². The first-order valence-corrected chi connectivity index (χ1v) is 13.5. The molecule has 0 radical (unpaired) electrons. The molecule has 2 aromatic heterocycles. The molecule has 0 saturated heterocycles. The van der Waals surface area contributed by atoms with Gasteiger partial charge in [-0.05, 0) is 74.6 Å². The van der Waals surface area contributed by atoms with Gasteiger partial charge >= 0.3 is 6.03 Å². The highest BCUT2D eigenvalue weighted by molar-refractivity contribution is 7.24. The number of hydrogen-bond donors (Lipinski definition) is 3. The maximum absolute atomic E-state index is 13.1. The smallest absolute Gasteiger partial charge is 0.323 e. The minimum atomic E-state index is -0.437. The van der Waals surface area contributed by atoms with E-state index in [-0.39, 0.29) is 5.82 Å². The third-order valence-corrected chi connectivity index (χ3v) is 7.75. The van der Waals surface area contributed by atoms with Gasteiger partial charge in [0.05, 0.1) is 9.72 Å². The molecule has 2 aromatic carbocycles. The predicted octanol–water partition coefficient (Wildman–Crippen LogP) is 7.59. The summed E-state index contributed by atoms with van der Waals surface area (Å²) in [5.74, 6) is 0.822. The van der Waals surface area contributed by atoms with Gasteiger partial charge in [-0.2, -0.15) is 0 Å². The first kappa shape index (κ1) is 27.1. The molecule has 194 valence electrons. The van der Waals surface area contributed by atoms with Crippen molar-refractivity contribution in [3.05, 3.63) is 63.7 Å². The van der Waals surface area contributed by atoms with Crippen LogP contribution in [0.4, 0.5) is 26.4 Å². The van der Waals surface area contributed by atoms with Crippen molar-refractivity contribution in [2.75, 3.05) is 42.1 Å². The first-order valence-electron chi connectivity index (χ1n) is 11.9. The van der Waals surface area contributed by atoms with Crippen molar-refractivity contribution < 1.29 is 9.18 Å². The van der Waals surface area contributed by atoms with Crippen molar-refractivity contribution in [1.82, 2.24) is 14.9 Å².